The number of nitrogens with one attached hydrogen (secondary N) is 2. The highest BCUT2D eigenvalue weighted by atomic mass is 16.6. The smallest absolute Gasteiger partial charge is 0.435 e. The van der Waals surface area contributed by atoms with Crippen LogP contribution in [0.3, 0.4) is 0 Å². The number of fused-ring (bicyclic) bond motifs is 1. The van der Waals surface area contributed by atoms with E-state index in [0.29, 0.717) is 16.8 Å². The summed E-state index contributed by atoms with van der Waals surface area (Å²) in [5, 5.41) is 5.78. The minimum Gasteiger partial charge on any atom is -0.444 e. The van der Waals surface area contributed by atoms with Gasteiger partial charge in [0, 0.05) is 36.2 Å². The highest BCUT2D eigenvalue weighted by molar-refractivity contribution is 6.02. The van der Waals surface area contributed by atoms with Crippen molar-refractivity contribution in [1.29, 1.82) is 0 Å². The molecule has 58 heavy (non-hydrogen) atoms. The Morgan fingerprint density at radius 3 is 2.12 bits per heavy atom. The van der Waals surface area contributed by atoms with E-state index in [1.54, 1.807) is 67.6 Å². The zero-order valence-corrected chi connectivity index (χ0v) is 31.9. The summed E-state index contributed by atoms with van der Waals surface area (Å²) in [6, 6.07) is 32.9. The third-order valence-electron chi connectivity index (χ3n) is 9.54. The molecule has 0 saturated carbocycles. The van der Waals surface area contributed by atoms with Crippen LogP contribution in [0.25, 0.3) is 0 Å². The predicted octanol–water partition coefficient (Wildman–Crippen LogP) is 6.16. The number of nitrogens with two attached hydrogens (primary N) is 1. The molecule has 296 valence electrons. The Morgan fingerprint density at radius 2 is 1.50 bits per heavy atom. The third-order valence-corrected chi connectivity index (χ3v) is 9.54. The zero-order valence-electron chi connectivity index (χ0n) is 31.9. The summed E-state index contributed by atoms with van der Waals surface area (Å²) in [5.74, 6) is -0.640. The van der Waals surface area contributed by atoms with Crippen LogP contribution in [-0.2, 0) is 44.2 Å². The average Bonchev–Trinajstić information content (AvgIpc) is 3.54. The molecule has 0 bridgehead atoms. The number of rotatable bonds is 14. The number of carbonyl (C=O) groups is 4. The minimum absolute atomic E-state index is 0.0334. The normalized spacial score (nSPS) is 15.7. The number of amidine groups is 1. The van der Waals surface area contributed by atoms with Crippen LogP contribution in [0.1, 0.15) is 53.9 Å². The first kappa shape index (κ1) is 40.3. The number of ether oxygens (including phenoxy) is 2. The van der Waals surface area contributed by atoms with Gasteiger partial charge in [-0.25, -0.2) is 14.6 Å². The lowest BCUT2D eigenvalue weighted by atomic mass is 9.82. The van der Waals surface area contributed by atoms with Gasteiger partial charge in [0.2, 0.25) is 11.8 Å². The van der Waals surface area contributed by atoms with Crippen molar-refractivity contribution in [3.05, 3.63) is 173 Å². The van der Waals surface area contributed by atoms with Gasteiger partial charge in [-0.2, -0.15) is 4.99 Å². The second-order valence-corrected chi connectivity index (χ2v) is 13.9. The number of aliphatic imine (C=N–C) groups is 1. The maximum atomic E-state index is 14.4. The van der Waals surface area contributed by atoms with Crippen LogP contribution in [0, 0.1) is 0 Å². The molecule has 0 saturated heterocycles. The van der Waals surface area contributed by atoms with E-state index < -0.39 is 35.1 Å². The van der Waals surface area contributed by atoms with E-state index in [0.717, 1.165) is 16.0 Å². The fourth-order valence-corrected chi connectivity index (χ4v) is 6.64. The molecule has 1 aliphatic rings. The first-order valence-electron chi connectivity index (χ1n) is 18.5. The van der Waals surface area contributed by atoms with Crippen molar-refractivity contribution in [2.75, 3.05) is 16.8 Å². The Balaban J connectivity index is 1.20. The fraction of sp³-hybridized carbons (Fsp3) is 0.205. The largest absolute Gasteiger partial charge is 0.444 e. The molecular weight excluding hydrogens is 739 g/mol. The van der Waals surface area contributed by atoms with Gasteiger partial charge in [0.25, 0.3) is 5.56 Å². The minimum atomic E-state index is -1.08. The van der Waals surface area contributed by atoms with Crippen molar-refractivity contribution in [1.82, 2.24) is 14.9 Å². The van der Waals surface area contributed by atoms with Crippen LogP contribution in [0.4, 0.5) is 21.0 Å². The van der Waals surface area contributed by atoms with E-state index >= 15 is 0 Å². The van der Waals surface area contributed by atoms with Crippen LogP contribution < -0.4 is 26.8 Å². The van der Waals surface area contributed by atoms with Crippen LogP contribution in [0.2, 0.25) is 0 Å². The third kappa shape index (κ3) is 9.90. The summed E-state index contributed by atoms with van der Waals surface area (Å²) in [5.41, 5.74) is 7.58. The molecule has 6 rings (SSSR count). The molecule has 5 aromatic rings. The number of nitrogens with zero attached hydrogens (tertiary/aromatic N) is 4. The SMILES string of the molecule is C=CCN(C(=O)OCc1ccccc1)c1cnc2n(c1=O)[C@@H](C(=O)NCc1ccc(C(N)=NC(=O)OCc3ccccc3)cc1)C[C@@]2(C)CC(=O)Nc1ccccc1. The summed E-state index contributed by atoms with van der Waals surface area (Å²) >= 11 is 0. The molecular formula is C44H43N7O7. The first-order valence-corrected chi connectivity index (χ1v) is 18.5. The molecule has 4 N–H and O–H groups in total. The summed E-state index contributed by atoms with van der Waals surface area (Å²) < 4.78 is 12.0. The summed E-state index contributed by atoms with van der Waals surface area (Å²) in [4.78, 5) is 77.0. The van der Waals surface area contributed by atoms with Gasteiger partial charge in [-0.15, -0.1) is 6.58 Å². The highest BCUT2D eigenvalue weighted by Crippen LogP contribution is 2.42. The number of benzene rings is 4. The van der Waals surface area contributed by atoms with E-state index in [4.69, 9.17) is 15.2 Å². The van der Waals surface area contributed by atoms with Crippen LogP contribution in [-0.4, -0.2) is 45.9 Å². The van der Waals surface area contributed by atoms with Crippen LogP contribution >= 0.6 is 0 Å². The molecule has 1 aromatic heterocycles. The molecule has 4 amide bonds. The number of carbonyl (C=O) groups excluding carboxylic acids is 4. The fourth-order valence-electron chi connectivity index (χ4n) is 6.64. The van der Waals surface area contributed by atoms with Crippen molar-refractivity contribution < 1.29 is 28.7 Å². The molecule has 0 spiro atoms. The van der Waals surface area contributed by atoms with Gasteiger partial charge in [0.05, 0.1) is 6.20 Å². The van der Waals surface area contributed by atoms with Gasteiger partial charge in [0.1, 0.15) is 36.6 Å². The van der Waals surface area contributed by atoms with Crippen LogP contribution in [0.5, 0.6) is 0 Å². The standard InChI is InChI=1S/C44H43N7O7/c1-3-23-50(43(56)58-29-32-15-9-5-10-16-32)36-27-47-41-44(2,25-37(52)48-34-17-11-6-12-18-34)24-35(51(41)40(36)54)39(53)46-26-30-19-21-33(22-20-30)38(45)49-42(55)57-28-31-13-7-4-8-14-31/h3-22,27,35H,1,23-26,28-29H2,2H3,(H,46,53)(H,48,52)(H2,45,49,55)/t35-,44+/m1/s1. The lowest BCUT2D eigenvalue weighted by Crippen LogP contribution is -2.41. The molecule has 14 heteroatoms. The summed E-state index contributed by atoms with van der Waals surface area (Å²) in [6.45, 7) is 5.54. The number of anilines is 2. The Morgan fingerprint density at radius 1 is 0.897 bits per heavy atom. The molecule has 0 fully saturated rings. The van der Waals surface area contributed by atoms with E-state index in [1.807, 2.05) is 54.6 Å². The maximum Gasteiger partial charge on any atom is 0.435 e. The maximum absolute atomic E-state index is 14.4. The highest BCUT2D eigenvalue weighted by Gasteiger charge is 2.47. The van der Waals surface area contributed by atoms with Crippen molar-refractivity contribution in [2.24, 2.45) is 10.7 Å². The van der Waals surface area contributed by atoms with Crippen molar-refractivity contribution in [2.45, 2.75) is 51.0 Å². The Hall–Kier alpha value is -7.35. The van der Waals surface area contributed by atoms with Crippen molar-refractivity contribution >= 4 is 41.2 Å². The number of hydrogen-bond acceptors (Lipinski definition) is 8. The average molecular weight is 782 g/mol. The van der Waals surface area contributed by atoms with Gasteiger partial charge in [0.15, 0.2) is 0 Å². The lowest BCUT2D eigenvalue weighted by molar-refractivity contribution is -0.125. The molecule has 2 atom stereocenters. The monoisotopic (exact) mass is 781 g/mol. The number of para-hydroxylation sites is 1. The van der Waals surface area contributed by atoms with E-state index in [2.05, 4.69) is 27.2 Å². The van der Waals surface area contributed by atoms with E-state index in [9.17, 15) is 24.0 Å². The lowest BCUT2D eigenvalue weighted by Gasteiger charge is -2.24. The predicted molar refractivity (Wildman–Crippen MR) is 219 cm³/mol. The second-order valence-electron chi connectivity index (χ2n) is 13.9. The van der Waals surface area contributed by atoms with Gasteiger partial charge >= 0.3 is 12.2 Å². The van der Waals surface area contributed by atoms with Crippen molar-refractivity contribution in [3.8, 4) is 0 Å². The molecule has 4 aromatic carbocycles. The topological polar surface area (TPSA) is 187 Å². The number of aromatic nitrogens is 2. The summed E-state index contributed by atoms with van der Waals surface area (Å²) in [6.07, 6.45) is 1.07. The van der Waals surface area contributed by atoms with Gasteiger partial charge in [-0.3, -0.25) is 23.9 Å². The number of amides is 4. The molecule has 14 nitrogen and oxygen atoms in total. The molecule has 2 heterocycles. The van der Waals surface area contributed by atoms with E-state index in [-0.39, 0.29) is 62.4 Å². The number of hydrogen-bond donors (Lipinski definition) is 3. The molecule has 0 unspecified atom stereocenters. The Bertz CT molecular complexity index is 2350. The first-order chi connectivity index (χ1) is 28.0. The van der Waals surface area contributed by atoms with E-state index in [1.165, 1.54) is 16.8 Å². The second kappa shape index (κ2) is 18.5. The molecule has 1 aliphatic heterocycles. The Labute approximate surface area is 335 Å². The van der Waals surface area contributed by atoms with Crippen LogP contribution in [0.15, 0.2) is 144 Å². The van der Waals surface area contributed by atoms with Gasteiger partial charge in [-0.05, 0) is 35.2 Å². The summed E-state index contributed by atoms with van der Waals surface area (Å²) in [7, 11) is 0. The van der Waals surface area contributed by atoms with Gasteiger partial charge in [-0.1, -0.05) is 116 Å². The Kier molecular flexibility index (Phi) is 12.9. The van der Waals surface area contributed by atoms with Gasteiger partial charge < -0.3 is 25.8 Å². The van der Waals surface area contributed by atoms with Crippen molar-refractivity contribution in [3.63, 3.8) is 0 Å². The quantitative estimate of drug-likeness (QED) is 0.0674. The zero-order chi connectivity index (χ0) is 41.1. The molecule has 0 radical (unpaired) electrons. The molecule has 0 aliphatic carbocycles.